The van der Waals surface area contributed by atoms with E-state index < -0.39 is 0 Å². The van der Waals surface area contributed by atoms with Gasteiger partial charge in [0.25, 0.3) is 0 Å². The molecule has 0 aliphatic rings. The third kappa shape index (κ3) is 1.81. The molecule has 0 spiro atoms. The van der Waals surface area contributed by atoms with Gasteiger partial charge in [-0.15, -0.1) is 5.10 Å². The molecule has 0 atom stereocenters. The predicted octanol–water partition coefficient (Wildman–Crippen LogP) is -0.895. The van der Waals surface area contributed by atoms with Crippen LogP contribution < -0.4 is 0 Å². The molecular formula is C4H6N5O. The van der Waals surface area contributed by atoms with Gasteiger partial charge in [-0.25, -0.2) is 4.68 Å². The molecule has 6 nitrogen and oxygen atoms in total. The molecule has 1 aromatic rings. The number of aromatic nitrogens is 4. The summed E-state index contributed by atoms with van der Waals surface area (Å²) in [6.45, 7) is 0.473. The number of hydrogen-bond donors (Lipinski definition) is 0. The normalized spacial score (nSPS) is 10.5. The second kappa shape index (κ2) is 3.54. The third-order valence-electron chi connectivity index (χ3n) is 0.787. The lowest BCUT2D eigenvalue weighted by atomic mass is 10.7. The monoisotopic (exact) mass is 140 g/mol. The van der Waals surface area contributed by atoms with Crippen molar-refractivity contribution in [3.63, 3.8) is 0 Å². The summed E-state index contributed by atoms with van der Waals surface area (Å²) in [5.41, 5.74) is 0. The first kappa shape index (κ1) is 6.66. The van der Waals surface area contributed by atoms with Crippen LogP contribution in [0.1, 0.15) is 0 Å². The quantitative estimate of drug-likeness (QED) is 0.403. The van der Waals surface area contributed by atoms with Gasteiger partial charge >= 0.3 is 0 Å². The van der Waals surface area contributed by atoms with E-state index in [1.54, 1.807) is 0 Å². The van der Waals surface area contributed by atoms with Crippen molar-refractivity contribution in [3.05, 3.63) is 6.33 Å². The Bertz CT molecular complexity index is 193. The van der Waals surface area contributed by atoms with Crippen molar-refractivity contribution in [3.8, 4) is 0 Å². The Morgan fingerprint density at radius 3 is 3.30 bits per heavy atom. The van der Waals surface area contributed by atoms with Crippen LogP contribution in [-0.4, -0.2) is 33.5 Å². The molecule has 0 bridgehead atoms. The van der Waals surface area contributed by atoms with Crippen molar-refractivity contribution in [2.24, 2.45) is 5.16 Å². The van der Waals surface area contributed by atoms with Crippen LogP contribution in [0.15, 0.2) is 5.16 Å². The molecule has 10 heavy (non-hydrogen) atoms. The lowest BCUT2D eigenvalue weighted by Gasteiger charge is -1.87. The van der Waals surface area contributed by atoms with Gasteiger partial charge in [0, 0.05) is 0 Å². The lowest BCUT2D eigenvalue weighted by Crippen LogP contribution is -1.99. The van der Waals surface area contributed by atoms with Crippen molar-refractivity contribution >= 4 is 6.21 Å². The standard InChI is InChI=1S/C4H6N5O/c1-10-6-2-3-9-4-5-7-8-9/h2H,3H2,1H3. The van der Waals surface area contributed by atoms with Crippen LogP contribution in [0.3, 0.4) is 0 Å². The highest BCUT2D eigenvalue weighted by atomic mass is 16.6. The van der Waals surface area contributed by atoms with Gasteiger partial charge in [-0.2, -0.15) is 0 Å². The van der Waals surface area contributed by atoms with Crippen LogP contribution in [0.4, 0.5) is 0 Å². The number of tetrazole rings is 1. The summed E-state index contributed by atoms with van der Waals surface area (Å²) in [5, 5.41) is 13.7. The maximum absolute atomic E-state index is 4.41. The molecule has 53 valence electrons. The average molecular weight is 140 g/mol. The number of rotatable bonds is 3. The minimum atomic E-state index is 0.473. The summed E-state index contributed by atoms with van der Waals surface area (Å²) in [7, 11) is 1.47. The lowest BCUT2D eigenvalue weighted by molar-refractivity contribution is 0.214. The van der Waals surface area contributed by atoms with E-state index in [2.05, 4.69) is 31.8 Å². The first-order valence-electron chi connectivity index (χ1n) is 2.62. The minimum absolute atomic E-state index is 0.473. The van der Waals surface area contributed by atoms with Crippen LogP contribution in [0.25, 0.3) is 0 Å². The van der Waals surface area contributed by atoms with Crippen molar-refractivity contribution in [1.29, 1.82) is 0 Å². The van der Waals surface area contributed by atoms with Gasteiger partial charge in [-0.3, -0.25) is 0 Å². The van der Waals surface area contributed by atoms with E-state index >= 15 is 0 Å². The molecule has 0 aliphatic heterocycles. The zero-order valence-electron chi connectivity index (χ0n) is 5.43. The molecule has 1 aromatic heterocycles. The summed E-state index contributed by atoms with van der Waals surface area (Å²) in [4.78, 5) is 4.41. The molecule has 0 amide bonds. The van der Waals surface area contributed by atoms with Gasteiger partial charge in [-0.1, -0.05) is 5.16 Å². The molecule has 0 N–H and O–H groups in total. The molecule has 1 rings (SSSR count). The fraction of sp³-hybridized carbons (Fsp3) is 0.500. The van der Waals surface area contributed by atoms with E-state index in [1.165, 1.54) is 18.0 Å². The smallest absolute Gasteiger partial charge is 0.221 e. The summed E-state index contributed by atoms with van der Waals surface area (Å²) < 4.78 is 1.41. The van der Waals surface area contributed by atoms with E-state index in [-0.39, 0.29) is 0 Å². The van der Waals surface area contributed by atoms with E-state index in [1.807, 2.05) is 0 Å². The maximum atomic E-state index is 4.41. The van der Waals surface area contributed by atoms with E-state index in [0.29, 0.717) is 6.54 Å². The number of nitrogens with zero attached hydrogens (tertiary/aromatic N) is 5. The van der Waals surface area contributed by atoms with Crippen molar-refractivity contribution in [2.75, 3.05) is 7.11 Å². The van der Waals surface area contributed by atoms with E-state index in [4.69, 9.17) is 0 Å². The van der Waals surface area contributed by atoms with Crippen LogP contribution >= 0.6 is 0 Å². The molecule has 0 fully saturated rings. The fourth-order valence-corrected chi connectivity index (χ4v) is 0.422. The van der Waals surface area contributed by atoms with Gasteiger partial charge in [0.1, 0.15) is 7.11 Å². The molecule has 1 heterocycles. The molecule has 0 saturated heterocycles. The highest BCUT2D eigenvalue weighted by Gasteiger charge is 1.87. The molecule has 1 radical (unpaired) electrons. The van der Waals surface area contributed by atoms with Crippen LogP contribution in [0, 0.1) is 6.33 Å². The Morgan fingerprint density at radius 2 is 2.70 bits per heavy atom. The molecular weight excluding hydrogens is 134 g/mol. The topological polar surface area (TPSA) is 65.2 Å². The van der Waals surface area contributed by atoms with E-state index in [9.17, 15) is 0 Å². The fourth-order valence-electron chi connectivity index (χ4n) is 0.422. The Kier molecular flexibility index (Phi) is 2.36. The molecule has 0 aliphatic carbocycles. The van der Waals surface area contributed by atoms with Crippen LogP contribution in [-0.2, 0) is 11.4 Å². The van der Waals surface area contributed by atoms with Gasteiger partial charge < -0.3 is 4.84 Å². The molecule has 0 unspecified atom stereocenters. The number of oxime groups is 1. The predicted molar refractivity (Wildman–Crippen MR) is 32.2 cm³/mol. The summed E-state index contributed by atoms with van der Waals surface area (Å²) in [5.74, 6) is 0. The Morgan fingerprint density at radius 1 is 1.80 bits per heavy atom. The van der Waals surface area contributed by atoms with Crippen LogP contribution in [0.2, 0.25) is 0 Å². The SMILES string of the molecule is CON=CCn1[c]nnn1. The molecule has 6 heteroatoms. The van der Waals surface area contributed by atoms with Crippen molar-refractivity contribution in [1.82, 2.24) is 20.2 Å². The second-order valence-corrected chi connectivity index (χ2v) is 1.43. The maximum Gasteiger partial charge on any atom is 0.221 e. The van der Waals surface area contributed by atoms with Gasteiger partial charge in [0.2, 0.25) is 6.33 Å². The van der Waals surface area contributed by atoms with Crippen LogP contribution in [0.5, 0.6) is 0 Å². The zero-order valence-corrected chi connectivity index (χ0v) is 5.43. The summed E-state index contributed by atoms with van der Waals surface area (Å²) in [6, 6.07) is 0. The summed E-state index contributed by atoms with van der Waals surface area (Å²) >= 11 is 0. The highest BCUT2D eigenvalue weighted by Crippen LogP contribution is 1.72. The minimum Gasteiger partial charge on any atom is -0.399 e. The Hall–Kier alpha value is -1.46. The van der Waals surface area contributed by atoms with Gasteiger partial charge in [0.15, 0.2) is 0 Å². The molecule has 0 aromatic carbocycles. The first-order valence-corrected chi connectivity index (χ1v) is 2.62. The number of hydrogen-bond acceptors (Lipinski definition) is 5. The Labute approximate surface area is 57.5 Å². The average Bonchev–Trinajstić information content (AvgIpc) is 2.41. The second-order valence-electron chi connectivity index (χ2n) is 1.43. The van der Waals surface area contributed by atoms with Gasteiger partial charge in [0.05, 0.1) is 12.8 Å². The zero-order chi connectivity index (χ0) is 7.23. The Balaban J connectivity index is 2.34. The first-order chi connectivity index (χ1) is 4.93. The summed E-state index contributed by atoms with van der Waals surface area (Å²) in [6.07, 6.45) is 4.03. The highest BCUT2D eigenvalue weighted by molar-refractivity contribution is 5.55. The third-order valence-corrected chi connectivity index (χ3v) is 0.787. The van der Waals surface area contributed by atoms with Crippen molar-refractivity contribution in [2.45, 2.75) is 6.54 Å². The van der Waals surface area contributed by atoms with Crippen molar-refractivity contribution < 1.29 is 4.84 Å². The van der Waals surface area contributed by atoms with E-state index in [0.717, 1.165) is 0 Å². The van der Waals surface area contributed by atoms with Gasteiger partial charge in [-0.05, 0) is 10.4 Å². The largest absolute Gasteiger partial charge is 0.399 e. The molecule has 0 saturated carbocycles.